The summed E-state index contributed by atoms with van der Waals surface area (Å²) < 4.78 is 5.42. The number of cyclic esters (lactones) is 1. The van der Waals surface area contributed by atoms with Crippen molar-refractivity contribution in [3.63, 3.8) is 0 Å². The number of carbonyl (C=O) groups is 3. The van der Waals surface area contributed by atoms with Gasteiger partial charge < -0.3 is 10.1 Å². The van der Waals surface area contributed by atoms with Crippen molar-refractivity contribution in [2.45, 2.75) is 32.4 Å². The van der Waals surface area contributed by atoms with E-state index in [0.29, 0.717) is 36.5 Å². The van der Waals surface area contributed by atoms with Gasteiger partial charge in [0.15, 0.2) is 5.78 Å². The second kappa shape index (κ2) is 10.3. The summed E-state index contributed by atoms with van der Waals surface area (Å²) in [4.78, 5) is 41.8. The SMILES string of the molecule is Cc1cccc2c1N(C1CCN(CC(=O)Nc3ccc(C(=O)c4ccccc4)cc3)CC1)C(=O)OC2. The van der Waals surface area contributed by atoms with Crippen LogP contribution in [0.1, 0.15) is 39.9 Å². The summed E-state index contributed by atoms with van der Waals surface area (Å²) in [7, 11) is 0. The number of para-hydroxylation sites is 1. The summed E-state index contributed by atoms with van der Waals surface area (Å²) in [5.74, 6) is -0.152. The predicted molar refractivity (Wildman–Crippen MR) is 138 cm³/mol. The topological polar surface area (TPSA) is 79.0 Å². The highest BCUT2D eigenvalue weighted by Crippen LogP contribution is 2.34. The first kappa shape index (κ1) is 23.8. The van der Waals surface area contributed by atoms with Crippen molar-refractivity contribution < 1.29 is 19.1 Å². The van der Waals surface area contributed by atoms with Crippen molar-refractivity contribution in [1.29, 1.82) is 0 Å². The smallest absolute Gasteiger partial charge is 0.414 e. The van der Waals surface area contributed by atoms with Gasteiger partial charge in [-0.15, -0.1) is 0 Å². The number of likely N-dealkylation sites (tertiary alicyclic amines) is 1. The normalized spacial score (nSPS) is 16.2. The molecule has 2 amide bonds. The predicted octanol–water partition coefficient (Wildman–Crippen LogP) is 4.79. The van der Waals surface area contributed by atoms with Gasteiger partial charge >= 0.3 is 6.09 Å². The second-order valence-electron chi connectivity index (χ2n) is 9.34. The molecule has 1 fully saturated rings. The van der Waals surface area contributed by atoms with Crippen molar-refractivity contribution in [1.82, 2.24) is 4.90 Å². The number of aryl methyl sites for hydroxylation is 1. The number of nitrogens with one attached hydrogen (secondary N) is 1. The number of hydrogen-bond acceptors (Lipinski definition) is 5. The molecule has 3 aromatic carbocycles. The maximum Gasteiger partial charge on any atom is 0.414 e. The number of nitrogens with zero attached hydrogens (tertiary/aromatic N) is 2. The van der Waals surface area contributed by atoms with E-state index in [2.05, 4.69) is 10.2 Å². The van der Waals surface area contributed by atoms with Crippen LogP contribution in [0.2, 0.25) is 0 Å². The standard InChI is InChI=1S/C29H29N3O4/c1-20-6-5-9-23-19-36-29(35)32(27(20)23)25-14-16-31(17-15-25)18-26(33)30-24-12-10-22(11-13-24)28(34)21-7-3-2-4-8-21/h2-13,25H,14-19H2,1H3,(H,30,33). The van der Waals surface area contributed by atoms with E-state index in [4.69, 9.17) is 4.74 Å². The molecule has 0 radical (unpaired) electrons. The Labute approximate surface area is 210 Å². The molecule has 7 heteroatoms. The van der Waals surface area contributed by atoms with Crippen molar-refractivity contribution in [2.75, 3.05) is 29.9 Å². The first-order valence-corrected chi connectivity index (χ1v) is 12.3. The number of piperidine rings is 1. The van der Waals surface area contributed by atoms with Crippen LogP contribution in [-0.4, -0.2) is 48.4 Å². The third-order valence-electron chi connectivity index (χ3n) is 6.87. The van der Waals surface area contributed by atoms with Gasteiger partial charge in [0.2, 0.25) is 5.91 Å². The molecule has 2 heterocycles. The molecule has 0 unspecified atom stereocenters. The van der Waals surface area contributed by atoms with E-state index in [-0.39, 0.29) is 30.4 Å². The molecule has 2 aliphatic rings. The van der Waals surface area contributed by atoms with Gasteiger partial charge in [0.1, 0.15) is 6.61 Å². The second-order valence-corrected chi connectivity index (χ2v) is 9.34. The summed E-state index contributed by atoms with van der Waals surface area (Å²) in [6.07, 6.45) is 1.25. The van der Waals surface area contributed by atoms with Crippen LogP contribution in [-0.2, 0) is 16.1 Å². The molecule has 2 aliphatic heterocycles. The van der Waals surface area contributed by atoms with E-state index in [9.17, 15) is 14.4 Å². The number of rotatable bonds is 6. The van der Waals surface area contributed by atoms with Gasteiger partial charge in [-0.25, -0.2) is 4.79 Å². The number of carbonyl (C=O) groups excluding carboxylic acids is 3. The first-order chi connectivity index (χ1) is 17.5. The van der Waals surface area contributed by atoms with Gasteiger partial charge in [-0.3, -0.25) is 19.4 Å². The molecular formula is C29H29N3O4. The Morgan fingerprint density at radius 1 is 0.917 bits per heavy atom. The fourth-order valence-corrected chi connectivity index (χ4v) is 5.01. The fourth-order valence-electron chi connectivity index (χ4n) is 5.01. The summed E-state index contributed by atoms with van der Waals surface area (Å²) in [6, 6.07) is 22.1. The highest BCUT2D eigenvalue weighted by molar-refractivity contribution is 6.09. The quantitative estimate of drug-likeness (QED) is 0.510. The lowest BCUT2D eigenvalue weighted by atomic mass is 9.99. The Kier molecular flexibility index (Phi) is 6.82. The van der Waals surface area contributed by atoms with E-state index in [0.717, 1.165) is 29.7 Å². The van der Waals surface area contributed by atoms with Crippen molar-refractivity contribution in [3.8, 4) is 0 Å². The third-order valence-corrected chi connectivity index (χ3v) is 6.87. The Morgan fingerprint density at radius 2 is 1.61 bits per heavy atom. The van der Waals surface area contributed by atoms with Crippen LogP contribution in [0, 0.1) is 6.92 Å². The number of anilines is 2. The number of ether oxygens (including phenoxy) is 1. The Hall–Kier alpha value is -3.97. The van der Waals surface area contributed by atoms with E-state index in [1.54, 1.807) is 36.4 Å². The van der Waals surface area contributed by atoms with Crippen molar-refractivity contribution >= 4 is 29.2 Å². The Bertz CT molecular complexity index is 1270. The van der Waals surface area contributed by atoms with Crippen LogP contribution in [0.3, 0.4) is 0 Å². The monoisotopic (exact) mass is 483 g/mol. The first-order valence-electron chi connectivity index (χ1n) is 12.3. The molecule has 0 spiro atoms. The van der Waals surface area contributed by atoms with E-state index in [1.807, 2.05) is 48.2 Å². The minimum atomic E-state index is -0.290. The van der Waals surface area contributed by atoms with Crippen LogP contribution >= 0.6 is 0 Å². The molecule has 0 aromatic heterocycles. The molecule has 36 heavy (non-hydrogen) atoms. The highest BCUT2D eigenvalue weighted by atomic mass is 16.6. The maximum absolute atomic E-state index is 12.7. The lowest BCUT2D eigenvalue weighted by Gasteiger charge is -2.40. The molecule has 5 rings (SSSR count). The van der Waals surface area contributed by atoms with Gasteiger partial charge in [-0.05, 0) is 49.6 Å². The third kappa shape index (κ3) is 5.02. The average Bonchev–Trinajstić information content (AvgIpc) is 2.90. The minimum absolute atomic E-state index is 0.0478. The van der Waals surface area contributed by atoms with Crippen LogP contribution in [0.4, 0.5) is 16.2 Å². The largest absolute Gasteiger partial charge is 0.444 e. The summed E-state index contributed by atoms with van der Waals surface area (Å²) in [5.41, 5.74) is 4.94. The number of hydrogen-bond donors (Lipinski definition) is 1. The van der Waals surface area contributed by atoms with Crippen LogP contribution in [0.15, 0.2) is 72.8 Å². The molecule has 1 saturated heterocycles. The summed E-state index contributed by atoms with van der Waals surface area (Å²) in [5, 5.41) is 2.92. The van der Waals surface area contributed by atoms with E-state index < -0.39 is 0 Å². The van der Waals surface area contributed by atoms with Gasteiger partial charge in [0, 0.05) is 41.5 Å². The molecule has 0 atom stereocenters. The lowest BCUT2D eigenvalue weighted by molar-refractivity contribution is -0.117. The molecule has 184 valence electrons. The zero-order chi connectivity index (χ0) is 25.1. The molecule has 0 saturated carbocycles. The highest BCUT2D eigenvalue weighted by Gasteiger charge is 2.35. The lowest BCUT2D eigenvalue weighted by Crippen LogP contribution is -2.50. The maximum atomic E-state index is 12.7. The van der Waals surface area contributed by atoms with Gasteiger partial charge in [-0.2, -0.15) is 0 Å². The van der Waals surface area contributed by atoms with Crippen molar-refractivity contribution in [2.24, 2.45) is 0 Å². The summed E-state index contributed by atoms with van der Waals surface area (Å²) in [6.45, 7) is 4.04. The van der Waals surface area contributed by atoms with Crippen LogP contribution in [0.5, 0.6) is 0 Å². The number of benzene rings is 3. The van der Waals surface area contributed by atoms with Crippen LogP contribution in [0.25, 0.3) is 0 Å². The Balaban J connectivity index is 1.15. The number of amides is 2. The molecular weight excluding hydrogens is 454 g/mol. The molecule has 7 nitrogen and oxygen atoms in total. The Morgan fingerprint density at radius 3 is 2.33 bits per heavy atom. The molecule has 1 N–H and O–H groups in total. The van der Waals surface area contributed by atoms with E-state index >= 15 is 0 Å². The molecule has 0 bridgehead atoms. The average molecular weight is 484 g/mol. The zero-order valence-corrected chi connectivity index (χ0v) is 20.3. The summed E-state index contributed by atoms with van der Waals surface area (Å²) >= 11 is 0. The molecule has 0 aliphatic carbocycles. The number of ketones is 1. The van der Waals surface area contributed by atoms with Crippen LogP contribution < -0.4 is 10.2 Å². The van der Waals surface area contributed by atoms with E-state index in [1.165, 1.54) is 0 Å². The molecule has 3 aromatic rings. The van der Waals surface area contributed by atoms with Gasteiger partial charge in [0.05, 0.1) is 12.2 Å². The fraction of sp³-hybridized carbons (Fsp3) is 0.276. The zero-order valence-electron chi connectivity index (χ0n) is 20.3. The van der Waals surface area contributed by atoms with Gasteiger partial charge in [0.25, 0.3) is 0 Å². The van der Waals surface area contributed by atoms with Crippen molar-refractivity contribution in [3.05, 3.63) is 95.1 Å². The number of fused-ring (bicyclic) bond motifs is 1. The minimum Gasteiger partial charge on any atom is -0.444 e. The van der Waals surface area contributed by atoms with Gasteiger partial charge in [-0.1, -0.05) is 48.5 Å².